The number of hydrogen-bond donors (Lipinski definition) is 1. The van der Waals surface area contributed by atoms with Crippen LogP contribution in [0.2, 0.25) is 0 Å². The Kier molecular flexibility index (Phi) is 3.17. The van der Waals surface area contributed by atoms with Crippen molar-refractivity contribution in [3.8, 4) is 0 Å². The molecule has 0 saturated carbocycles. The summed E-state index contributed by atoms with van der Waals surface area (Å²) in [4.78, 5) is 2.41. The van der Waals surface area contributed by atoms with Gasteiger partial charge in [0.2, 0.25) is 0 Å². The molecule has 1 aromatic carbocycles. The van der Waals surface area contributed by atoms with Crippen LogP contribution in [0.1, 0.15) is 24.8 Å². The molecular formula is C15H19N3O3. The van der Waals surface area contributed by atoms with Crippen LogP contribution in [0.4, 0.5) is 0 Å². The minimum absolute atomic E-state index is 0.0859. The average molecular weight is 289 g/mol. The summed E-state index contributed by atoms with van der Waals surface area (Å²) in [5, 5.41) is 17.6. The molecule has 0 bridgehead atoms. The summed E-state index contributed by atoms with van der Waals surface area (Å²) in [6.07, 6.45) is 2.46. The van der Waals surface area contributed by atoms with E-state index in [1.54, 1.807) is 0 Å². The van der Waals surface area contributed by atoms with Crippen LogP contribution >= 0.6 is 0 Å². The Morgan fingerprint density at radius 3 is 2.90 bits per heavy atom. The predicted octanol–water partition coefficient (Wildman–Crippen LogP) is 1.34. The van der Waals surface area contributed by atoms with Crippen LogP contribution in [0, 0.1) is 0 Å². The third-order valence-corrected chi connectivity index (χ3v) is 4.72. The number of piperidine rings is 1. The zero-order chi connectivity index (χ0) is 14.3. The molecule has 3 heterocycles. The minimum Gasteiger partial charge on any atom is -0.391 e. The molecule has 1 aromatic heterocycles. The first-order valence-corrected chi connectivity index (χ1v) is 7.49. The molecule has 1 spiro atoms. The van der Waals surface area contributed by atoms with E-state index >= 15 is 0 Å². The molecule has 0 amide bonds. The van der Waals surface area contributed by atoms with Crippen LogP contribution in [0.5, 0.6) is 0 Å². The molecule has 0 aliphatic carbocycles. The number of nitrogens with zero attached hydrogens (tertiary/aromatic N) is 3. The lowest BCUT2D eigenvalue weighted by molar-refractivity contribution is -0.0456. The van der Waals surface area contributed by atoms with Gasteiger partial charge in [0.15, 0.2) is 0 Å². The Morgan fingerprint density at radius 2 is 2.14 bits per heavy atom. The van der Waals surface area contributed by atoms with Gasteiger partial charge in [0.05, 0.1) is 18.3 Å². The Hall–Kier alpha value is -1.50. The number of aliphatic hydroxyl groups is 1. The number of benzene rings is 1. The van der Waals surface area contributed by atoms with Crippen molar-refractivity contribution in [1.82, 2.24) is 15.2 Å². The molecule has 2 aliphatic rings. The highest BCUT2D eigenvalue weighted by Crippen LogP contribution is 2.36. The van der Waals surface area contributed by atoms with E-state index in [0.29, 0.717) is 6.61 Å². The minimum atomic E-state index is -0.286. The van der Waals surface area contributed by atoms with E-state index in [9.17, 15) is 5.11 Å². The zero-order valence-corrected chi connectivity index (χ0v) is 11.9. The van der Waals surface area contributed by atoms with E-state index in [-0.39, 0.29) is 11.7 Å². The highest BCUT2D eigenvalue weighted by Gasteiger charge is 2.42. The summed E-state index contributed by atoms with van der Waals surface area (Å²) in [6.45, 7) is 3.30. The van der Waals surface area contributed by atoms with Crippen molar-refractivity contribution >= 4 is 11.0 Å². The molecular weight excluding hydrogens is 270 g/mol. The maximum absolute atomic E-state index is 9.68. The van der Waals surface area contributed by atoms with E-state index < -0.39 is 0 Å². The monoisotopic (exact) mass is 289 g/mol. The molecule has 2 aromatic rings. The molecule has 0 radical (unpaired) electrons. The fraction of sp³-hybridized carbons (Fsp3) is 0.600. The van der Waals surface area contributed by atoms with Crippen molar-refractivity contribution in [3.05, 3.63) is 23.8 Å². The molecule has 1 atom stereocenters. The van der Waals surface area contributed by atoms with Crippen molar-refractivity contribution in [2.45, 2.75) is 37.5 Å². The number of ether oxygens (including phenoxy) is 1. The summed E-state index contributed by atoms with van der Waals surface area (Å²) in [7, 11) is 0. The maximum atomic E-state index is 9.68. The number of likely N-dealkylation sites (tertiary alicyclic amines) is 1. The summed E-state index contributed by atoms with van der Waals surface area (Å²) < 4.78 is 10.7. The summed E-state index contributed by atoms with van der Waals surface area (Å²) in [6, 6.07) is 5.98. The van der Waals surface area contributed by atoms with Gasteiger partial charge in [-0.1, -0.05) is 12.1 Å². The van der Waals surface area contributed by atoms with Gasteiger partial charge in [0.1, 0.15) is 11.0 Å². The number of rotatable bonds is 2. The smallest absolute Gasteiger partial charge is 0.139 e. The summed E-state index contributed by atoms with van der Waals surface area (Å²) in [5.74, 6) is 0. The standard InChI is InChI=1S/C15H19N3O3/c19-12-8-15(20-10-12)4-6-18(7-5-15)9-11-2-1-3-13-14(11)17-21-16-13/h1-3,12,19H,4-10H2/t12-/m0/s1. The van der Waals surface area contributed by atoms with Gasteiger partial charge >= 0.3 is 0 Å². The number of aromatic nitrogens is 2. The largest absolute Gasteiger partial charge is 0.391 e. The lowest BCUT2D eigenvalue weighted by atomic mass is 9.88. The molecule has 4 rings (SSSR count). The van der Waals surface area contributed by atoms with Crippen LogP contribution < -0.4 is 0 Å². The first kappa shape index (κ1) is 13.2. The molecule has 0 unspecified atom stereocenters. The van der Waals surface area contributed by atoms with Crippen molar-refractivity contribution in [2.24, 2.45) is 0 Å². The van der Waals surface area contributed by atoms with Crippen LogP contribution in [-0.2, 0) is 11.3 Å². The second-order valence-corrected chi connectivity index (χ2v) is 6.18. The number of fused-ring (bicyclic) bond motifs is 1. The third kappa shape index (κ3) is 2.43. The van der Waals surface area contributed by atoms with E-state index in [0.717, 1.165) is 55.5 Å². The number of aliphatic hydroxyl groups excluding tert-OH is 1. The molecule has 6 heteroatoms. The molecule has 2 aliphatic heterocycles. The Bertz CT molecular complexity index is 634. The number of hydrogen-bond acceptors (Lipinski definition) is 6. The van der Waals surface area contributed by atoms with Gasteiger partial charge in [-0.2, -0.15) is 0 Å². The van der Waals surface area contributed by atoms with Gasteiger partial charge in [0.25, 0.3) is 0 Å². The summed E-state index contributed by atoms with van der Waals surface area (Å²) >= 11 is 0. The van der Waals surface area contributed by atoms with Crippen LogP contribution in [0.25, 0.3) is 11.0 Å². The van der Waals surface area contributed by atoms with Gasteiger partial charge in [0, 0.05) is 26.1 Å². The molecule has 2 saturated heterocycles. The van der Waals surface area contributed by atoms with E-state index in [1.807, 2.05) is 12.1 Å². The Morgan fingerprint density at radius 1 is 1.29 bits per heavy atom. The molecule has 6 nitrogen and oxygen atoms in total. The highest BCUT2D eigenvalue weighted by molar-refractivity contribution is 5.76. The summed E-state index contributed by atoms with van der Waals surface area (Å²) in [5.41, 5.74) is 2.72. The van der Waals surface area contributed by atoms with E-state index in [4.69, 9.17) is 9.37 Å². The fourth-order valence-electron chi connectivity index (χ4n) is 3.52. The van der Waals surface area contributed by atoms with Crippen LogP contribution in [0.3, 0.4) is 0 Å². The molecule has 112 valence electrons. The molecule has 2 fully saturated rings. The lowest BCUT2D eigenvalue weighted by Crippen LogP contribution is -2.43. The van der Waals surface area contributed by atoms with Gasteiger partial charge in [-0.05, 0) is 34.8 Å². The Labute approximate surface area is 122 Å². The van der Waals surface area contributed by atoms with Crippen LogP contribution in [0.15, 0.2) is 22.8 Å². The zero-order valence-electron chi connectivity index (χ0n) is 11.9. The lowest BCUT2D eigenvalue weighted by Gasteiger charge is -2.38. The first-order valence-electron chi connectivity index (χ1n) is 7.49. The van der Waals surface area contributed by atoms with Gasteiger partial charge in [-0.25, -0.2) is 4.63 Å². The van der Waals surface area contributed by atoms with Gasteiger partial charge in [-0.15, -0.1) is 0 Å². The van der Waals surface area contributed by atoms with Crippen molar-refractivity contribution in [1.29, 1.82) is 0 Å². The fourth-order valence-corrected chi connectivity index (χ4v) is 3.52. The second-order valence-electron chi connectivity index (χ2n) is 6.18. The quantitative estimate of drug-likeness (QED) is 0.899. The van der Waals surface area contributed by atoms with E-state index in [2.05, 4.69) is 21.3 Å². The van der Waals surface area contributed by atoms with Gasteiger partial charge < -0.3 is 9.84 Å². The maximum Gasteiger partial charge on any atom is 0.139 e. The predicted molar refractivity (Wildman–Crippen MR) is 75.6 cm³/mol. The molecule has 1 N–H and O–H groups in total. The average Bonchev–Trinajstić information content (AvgIpc) is 3.10. The SMILES string of the molecule is O[C@@H]1COC2(CCN(Cc3cccc4nonc34)CC2)C1. The normalized spacial score (nSPS) is 25.9. The Balaban J connectivity index is 1.44. The van der Waals surface area contributed by atoms with Gasteiger partial charge in [-0.3, -0.25) is 4.90 Å². The van der Waals surface area contributed by atoms with Crippen LogP contribution in [-0.4, -0.2) is 51.7 Å². The first-order chi connectivity index (χ1) is 10.2. The van der Waals surface area contributed by atoms with Crippen molar-refractivity contribution in [2.75, 3.05) is 19.7 Å². The van der Waals surface area contributed by atoms with E-state index in [1.165, 1.54) is 0 Å². The van der Waals surface area contributed by atoms with Crippen molar-refractivity contribution < 1.29 is 14.5 Å². The topological polar surface area (TPSA) is 71.6 Å². The molecule has 21 heavy (non-hydrogen) atoms. The highest BCUT2D eigenvalue weighted by atomic mass is 16.6. The second kappa shape index (κ2) is 5.05. The third-order valence-electron chi connectivity index (χ3n) is 4.72. The van der Waals surface area contributed by atoms with Crippen molar-refractivity contribution in [3.63, 3.8) is 0 Å².